The molecule has 0 radical (unpaired) electrons. The van der Waals surface area contributed by atoms with Gasteiger partial charge in [0.15, 0.2) is 0 Å². The Hall–Kier alpha value is -1.95. The summed E-state index contributed by atoms with van der Waals surface area (Å²) >= 11 is 1.54. The number of hydrogen-bond acceptors (Lipinski definition) is 5. The lowest BCUT2D eigenvalue weighted by Crippen LogP contribution is -1.98. The quantitative estimate of drug-likeness (QED) is 0.748. The number of oxazole rings is 1. The van der Waals surface area contributed by atoms with Gasteiger partial charge in [-0.05, 0) is 37.0 Å². The number of thioether (sulfide) groups is 1. The van der Waals surface area contributed by atoms with Crippen LogP contribution < -0.4 is 0 Å². The van der Waals surface area contributed by atoms with Crippen LogP contribution in [0.25, 0.3) is 11.4 Å². The van der Waals surface area contributed by atoms with Gasteiger partial charge < -0.3 is 4.42 Å². The monoisotopic (exact) mass is 331 g/mol. The first-order valence-electron chi connectivity index (χ1n) is 7.51. The van der Waals surface area contributed by atoms with Crippen LogP contribution in [0.2, 0.25) is 0 Å². The third-order valence-corrected chi connectivity index (χ3v) is 4.29. The number of halogens is 1. The van der Waals surface area contributed by atoms with E-state index in [9.17, 15) is 4.39 Å². The minimum absolute atomic E-state index is 0.0424. The van der Waals surface area contributed by atoms with Gasteiger partial charge in [0.25, 0.3) is 0 Å². The average molecular weight is 331 g/mol. The number of aromatic nitrogens is 3. The summed E-state index contributed by atoms with van der Waals surface area (Å²) in [4.78, 5) is 4.63. The molecule has 0 amide bonds. The molecule has 6 heteroatoms. The summed E-state index contributed by atoms with van der Waals surface area (Å²) in [5.41, 5.74) is 1.42. The Morgan fingerprint density at radius 1 is 1.30 bits per heavy atom. The predicted molar refractivity (Wildman–Crippen MR) is 89.1 cm³/mol. The Kier molecular flexibility index (Phi) is 4.61. The van der Waals surface area contributed by atoms with Crippen molar-refractivity contribution in [2.75, 3.05) is 6.26 Å². The summed E-state index contributed by atoms with van der Waals surface area (Å²) < 4.78 is 19.1. The van der Waals surface area contributed by atoms with Crippen molar-refractivity contribution in [3.8, 4) is 11.4 Å². The van der Waals surface area contributed by atoms with E-state index in [1.807, 2.05) is 32.2 Å². The van der Waals surface area contributed by atoms with Gasteiger partial charge in [0.05, 0.1) is 5.92 Å². The fourth-order valence-corrected chi connectivity index (χ4v) is 2.74. The third kappa shape index (κ3) is 3.37. The lowest BCUT2D eigenvalue weighted by atomic mass is 10.0. The lowest BCUT2D eigenvalue weighted by Gasteiger charge is -2.09. The minimum atomic E-state index is -0.212. The van der Waals surface area contributed by atoms with Gasteiger partial charge in [-0.3, -0.25) is 0 Å². The normalized spacial score (nSPS) is 17.6. The second-order valence-corrected chi connectivity index (χ2v) is 6.50. The topological polar surface area (TPSA) is 51.8 Å². The first-order chi connectivity index (χ1) is 11.1. The van der Waals surface area contributed by atoms with Gasteiger partial charge in [-0.25, -0.2) is 9.37 Å². The molecule has 23 heavy (non-hydrogen) atoms. The predicted octanol–water partition coefficient (Wildman–Crippen LogP) is 4.87. The zero-order valence-corrected chi connectivity index (χ0v) is 14.1. The standard InChI is InChI=1S/C17H18FN3OS/c1-10(2)16-15(13-8-9-14(23-3)21-20-13)19-17(22-16)11-4-6-12(18)7-5-11/h4,6-11H,5H2,1-3H3. The van der Waals surface area contributed by atoms with E-state index in [4.69, 9.17) is 4.42 Å². The van der Waals surface area contributed by atoms with Gasteiger partial charge in [-0.2, -0.15) is 0 Å². The average Bonchev–Trinajstić information content (AvgIpc) is 3.01. The first kappa shape index (κ1) is 15.9. The molecule has 2 heterocycles. The van der Waals surface area contributed by atoms with Crippen molar-refractivity contribution >= 4 is 11.8 Å². The van der Waals surface area contributed by atoms with Gasteiger partial charge in [-0.15, -0.1) is 22.0 Å². The molecule has 3 rings (SSSR count). The summed E-state index contributed by atoms with van der Waals surface area (Å²) in [7, 11) is 0. The van der Waals surface area contributed by atoms with Crippen molar-refractivity contribution in [2.45, 2.75) is 37.1 Å². The van der Waals surface area contributed by atoms with Gasteiger partial charge in [0.2, 0.25) is 5.89 Å². The molecule has 1 unspecified atom stereocenters. The van der Waals surface area contributed by atoms with Crippen LogP contribution in [0.4, 0.5) is 4.39 Å². The molecule has 0 fully saturated rings. The van der Waals surface area contributed by atoms with E-state index in [-0.39, 0.29) is 17.7 Å². The fourth-order valence-electron chi connectivity index (χ4n) is 2.42. The van der Waals surface area contributed by atoms with E-state index in [0.29, 0.717) is 18.0 Å². The molecule has 1 atom stereocenters. The maximum atomic E-state index is 13.1. The highest BCUT2D eigenvalue weighted by molar-refractivity contribution is 7.98. The molecular formula is C17H18FN3OS. The minimum Gasteiger partial charge on any atom is -0.444 e. The van der Waals surface area contributed by atoms with Gasteiger partial charge >= 0.3 is 0 Å². The summed E-state index contributed by atoms with van der Waals surface area (Å²) in [6.45, 7) is 4.10. The SMILES string of the molecule is CSc1ccc(-c2nc(C3C=CC(F)=CC3)oc2C(C)C)nn1. The number of rotatable bonds is 4. The Bertz CT molecular complexity index is 750. The maximum Gasteiger partial charge on any atom is 0.202 e. The molecule has 0 aromatic carbocycles. The van der Waals surface area contributed by atoms with Gasteiger partial charge in [-0.1, -0.05) is 19.9 Å². The Morgan fingerprint density at radius 3 is 2.70 bits per heavy atom. The largest absolute Gasteiger partial charge is 0.444 e. The van der Waals surface area contributed by atoms with Gasteiger partial charge in [0, 0.05) is 5.92 Å². The van der Waals surface area contributed by atoms with Crippen LogP contribution in [0.5, 0.6) is 0 Å². The third-order valence-electron chi connectivity index (χ3n) is 3.66. The molecule has 0 aliphatic heterocycles. The van der Waals surface area contributed by atoms with Crippen molar-refractivity contribution in [2.24, 2.45) is 0 Å². The summed E-state index contributed by atoms with van der Waals surface area (Å²) in [5.74, 6) is 1.30. The molecule has 1 aliphatic rings. The number of allylic oxidation sites excluding steroid dienone is 4. The van der Waals surface area contributed by atoms with E-state index in [1.54, 1.807) is 23.9 Å². The van der Waals surface area contributed by atoms with Crippen LogP contribution in [-0.2, 0) is 0 Å². The van der Waals surface area contributed by atoms with Crippen molar-refractivity contribution in [1.29, 1.82) is 0 Å². The Morgan fingerprint density at radius 2 is 2.13 bits per heavy atom. The van der Waals surface area contributed by atoms with Crippen LogP contribution in [0, 0.1) is 0 Å². The van der Waals surface area contributed by atoms with Crippen molar-refractivity contribution in [3.63, 3.8) is 0 Å². The van der Waals surface area contributed by atoms with E-state index in [1.165, 1.54) is 6.08 Å². The van der Waals surface area contributed by atoms with Crippen LogP contribution >= 0.6 is 11.8 Å². The Balaban J connectivity index is 1.97. The molecule has 0 saturated carbocycles. The molecule has 0 N–H and O–H groups in total. The van der Waals surface area contributed by atoms with E-state index in [2.05, 4.69) is 15.2 Å². The maximum absolute atomic E-state index is 13.1. The number of nitrogens with zero attached hydrogens (tertiary/aromatic N) is 3. The molecule has 1 aliphatic carbocycles. The second-order valence-electron chi connectivity index (χ2n) is 5.67. The lowest BCUT2D eigenvalue weighted by molar-refractivity contribution is 0.423. The van der Waals surface area contributed by atoms with Crippen molar-refractivity contribution < 1.29 is 8.81 Å². The highest BCUT2D eigenvalue weighted by Crippen LogP contribution is 2.34. The van der Waals surface area contributed by atoms with E-state index < -0.39 is 0 Å². The van der Waals surface area contributed by atoms with Gasteiger partial charge in [0.1, 0.15) is 28.0 Å². The highest BCUT2D eigenvalue weighted by atomic mass is 32.2. The molecule has 120 valence electrons. The van der Waals surface area contributed by atoms with Crippen molar-refractivity contribution in [1.82, 2.24) is 15.2 Å². The first-order valence-corrected chi connectivity index (χ1v) is 8.73. The molecule has 0 spiro atoms. The molecule has 4 nitrogen and oxygen atoms in total. The van der Waals surface area contributed by atoms with E-state index >= 15 is 0 Å². The summed E-state index contributed by atoms with van der Waals surface area (Å²) in [6, 6.07) is 3.83. The molecular weight excluding hydrogens is 313 g/mol. The molecule has 0 bridgehead atoms. The zero-order chi connectivity index (χ0) is 16.4. The van der Waals surface area contributed by atoms with Crippen LogP contribution in [0.3, 0.4) is 0 Å². The molecule has 2 aromatic heterocycles. The molecule has 2 aromatic rings. The van der Waals surface area contributed by atoms with Crippen LogP contribution in [0.15, 0.2) is 45.6 Å². The highest BCUT2D eigenvalue weighted by Gasteiger charge is 2.23. The van der Waals surface area contributed by atoms with Crippen LogP contribution in [0.1, 0.15) is 43.8 Å². The number of hydrogen-bond donors (Lipinski definition) is 0. The molecule has 0 saturated heterocycles. The summed E-state index contributed by atoms with van der Waals surface area (Å²) in [5, 5.41) is 9.27. The van der Waals surface area contributed by atoms with Crippen molar-refractivity contribution in [3.05, 3.63) is 47.8 Å². The zero-order valence-electron chi connectivity index (χ0n) is 13.3. The summed E-state index contributed by atoms with van der Waals surface area (Å²) in [6.07, 6.45) is 7.31. The second kappa shape index (κ2) is 6.66. The fraction of sp³-hybridized carbons (Fsp3) is 0.353. The smallest absolute Gasteiger partial charge is 0.202 e. The van der Waals surface area contributed by atoms with E-state index in [0.717, 1.165) is 16.5 Å². The Labute approximate surface area is 138 Å². The van der Waals surface area contributed by atoms with Crippen LogP contribution in [-0.4, -0.2) is 21.4 Å².